The first-order valence-corrected chi connectivity index (χ1v) is 6.39. The molecule has 0 saturated heterocycles. The van der Waals surface area contributed by atoms with E-state index in [1.807, 2.05) is 30.3 Å². The van der Waals surface area contributed by atoms with Crippen molar-refractivity contribution in [3.63, 3.8) is 0 Å². The fourth-order valence-electron chi connectivity index (χ4n) is 2.05. The van der Waals surface area contributed by atoms with Crippen molar-refractivity contribution in [2.24, 2.45) is 0 Å². The molecular formula is C15H20N4O. The zero-order valence-corrected chi connectivity index (χ0v) is 11.5. The van der Waals surface area contributed by atoms with Crippen LogP contribution in [0.3, 0.4) is 0 Å². The van der Waals surface area contributed by atoms with Gasteiger partial charge in [-0.1, -0.05) is 6.07 Å². The lowest BCUT2D eigenvalue weighted by Crippen LogP contribution is -2.09. The van der Waals surface area contributed by atoms with Gasteiger partial charge in [0.2, 0.25) is 0 Å². The second kappa shape index (κ2) is 6.16. The third-order valence-corrected chi connectivity index (χ3v) is 3.03. The molecule has 2 aromatic rings. The van der Waals surface area contributed by atoms with Gasteiger partial charge in [-0.15, -0.1) is 0 Å². The minimum absolute atomic E-state index is 0.626. The van der Waals surface area contributed by atoms with E-state index in [1.165, 1.54) is 0 Å². The van der Waals surface area contributed by atoms with Gasteiger partial charge in [0.25, 0.3) is 0 Å². The first kappa shape index (κ1) is 14.0. The smallest absolute Gasteiger partial charge is 0.0635 e. The summed E-state index contributed by atoms with van der Waals surface area (Å²) in [5, 5.41) is 3.31. The quantitative estimate of drug-likeness (QED) is 0.494. The molecule has 0 aliphatic carbocycles. The monoisotopic (exact) mass is 272 g/mol. The van der Waals surface area contributed by atoms with E-state index in [0.29, 0.717) is 30.2 Å². The van der Waals surface area contributed by atoms with Gasteiger partial charge in [0.05, 0.1) is 6.61 Å². The number of nitrogen functional groups attached to an aromatic ring is 3. The van der Waals surface area contributed by atoms with Gasteiger partial charge in [-0.25, -0.2) is 0 Å². The minimum atomic E-state index is 0.626. The van der Waals surface area contributed by atoms with Crippen LogP contribution in [-0.2, 0) is 4.74 Å². The predicted molar refractivity (Wildman–Crippen MR) is 85.5 cm³/mol. The second-order valence-corrected chi connectivity index (χ2v) is 4.57. The molecule has 0 spiro atoms. The molecule has 2 rings (SSSR count). The average Bonchev–Trinajstić information content (AvgIpc) is 2.41. The molecule has 5 nitrogen and oxygen atoms in total. The molecule has 5 heteroatoms. The highest BCUT2D eigenvalue weighted by Gasteiger charge is 2.09. The van der Waals surface area contributed by atoms with Crippen LogP contribution in [0.4, 0.5) is 22.7 Å². The SMILES string of the molecule is COCCNc1ccc(N)cc1-c1ccc(N)cc1N. The summed E-state index contributed by atoms with van der Waals surface area (Å²) >= 11 is 0. The molecule has 0 unspecified atom stereocenters. The zero-order chi connectivity index (χ0) is 14.5. The lowest BCUT2D eigenvalue weighted by Gasteiger charge is -2.15. The highest BCUT2D eigenvalue weighted by molar-refractivity contribution is 5.88. The highest BCUT2D eigenvalue weighted by atomic mass is 16.5. The first-order valence-electron chi connectivity index (χ1n) is 6.39. The zero-order valence-electron chi connectivity index (χ0n) is 11.5. The minimum Gasteiger partial charge on any atom is -0.399 e. The Morgan fingerprint density at radius 3 is 2.35 bits per heavy atom. The van der Waals surface area contributed by atoms with E-state index in [4.69, 9.17) is 21.9 Å². The number of ether oxygens (including phenoxy) is 1. The van der Waals surface area contributed by atoms with E-state index < -0.39 is 0 Å². The van der Waals surface area contributed by atoms with Crippen LogP contribution >= 0.6 is 0 Å². The van der Waals surface area contributed by atoms with Crippen LogP contribution in [-0.4, -0.2) is 20.3 Å². The van der Waals surface area contributed by atoms with E-state index in [9.17, 15) is 0 Å². The number of anilines is 4. The Bertz CT molecular complexity index is 598. The number of rotatable bonds is 5. The van der Waals surface area contributed by atoms with E-state index in [-0.39, 0.29) is 0 Å². The molecule has 0 heterocycles. The largest absolute Gasteiger partial charge is 0.399 e. The molecular weight excluding hydrogens is 252 g/mol. The van der Waals surface area contributed by atoms with Crippen LogP contribution in [0.5, 0.6) is 0 Å². The molecule has 0 aliphatic rings. The molecule has 0 saturated carbocycles. The summed E-state index contributed by atoms with van der Waals surface area (Å²) in [7, 11) is 1.67. The summed E-state index contributed by atoms with van der Waals surface area (Å²) in [6.45, 7) is 1.34. The molecule has 0 bridgehead atoms. The van der Waals surface area contributed by atoms with Gasteiger partial charge in [0, 0.05) is 47.5 Å². The topological polar surface area (TPSA) is 99.3 Å². The molecule has 0 fully saturated rings. The number of methoxy groups -OCH3 is 1. The maximum Gasteiger partial charge on any atom is 0.0635 e. The van der Waals surface area contributed by atoms with Crippen molar-refractivity contribution in [3.05, 3.63) is 36.4 Å². The Balaban J connectivity index is 2.40. The van der Waals surface area contributed by atoms with Crippen molar-refractivity contribution in [1.29, 1.82) is 0 Å². The molecule has 0 aromatic heterocycles. The van der Waals surface area contributed by atoms with Crippen LogP contribution in [0, 0.1) is 0 Å². The molecule has 0 atom stereocenters. The van der Waals surface area contributed by atoms with Crippen LogP contribution in [0.15, 0.2) is 36.4 Å². The van der Waals surface area contributed by atoms with Gasteiger partial charge in [0.1, 0.15) is 0 Å². The van der Waals surface area contributed by atoms with Crippen molar-refractivity contribution in [1.82, 2.24) is 0 Å². The summed E-state index contributed by atoms with van der Waals surface area (Å²) in [4.78, 5) is 0. The fraction of sp³-hybridized carbons (Fsp3) is 0.200. The number of nitrogens with one attached hydrogen (secondary N) is 1. The van der Waals surface area contributed by atoms with Gasteiger partial charge in [-0.05, 0) is 30.3 Å². The van der Waals surface area contributed by atoms with Crippen LogP contribution in [0.2, 0.25) is 0 Å². The third-order valence-electron chi connectivity index (χ3n) is 3.03. The lowest BCUT2D eigenvalue weighted by molar-refractivity contribution is 0.211. The Kier molecular flexibility index (Phi) is 4.32. The number of benzene rings is 2. The van der Waals surface area contributed by atoms with Gasteiger partial charge < -0.3 is 27.3 Å². The standard InChI is InChI=1S/C15H20N4O/c1-20-7-6-19-15-5-3-10(16)8-13(15)12-4-2-11(17)9-14(12)18/h2-5,8-9,19H,6-7,16-18H2,1H3. The van der Waals surface area contributed by atoms with E-state index in [0.717, 1.165) is 16.8 Å². The Labute approximate surface area is 118 Å². The normalized spacial score (nSPS) is 10.4. The number of hydrogen-bond donors (Lipinski definition) is 4. The lowest BCUT2D eigenvalue weighted by atomic mass is 10.0. The molecule has 106 valence electrons. The van der Waals surface area contributed by atoms with Gasteiger partial charge in [-0.2, -0.15) is 0 Å². The summed E-state index contributed by atoms with van der Waals surface area (Å²) in [6, 6.07) is 11.2. The van der Waals surface area contributed by atoms with E-state index in [2.05, 4.69) is 5.32 Å². The van der Waals surface area contributed by atoms with Crippen LogP contribution in [0.1, 0.15) is 0 Å². The second-order valence-electron chi connectivity index (χ2n) is 4.57. The van der Waals surface area contributed by atoms with Crippen molar-refractivity contribution >= 4 is 22.7 Å². The van der Waals surface area contributed by atoms with Crippen LogP contribution in [0.25, 0.3) is 11.1 Å². The number of hydrogen-bond acceptors (Lipinski definition) is 5. The summed E-state index contributed by atoms with van der Waals surface area (Å²) in [5.41, 5.74) is 22.5. The Morgan fingerprint density at radius 1 is 0.950 bits per heavy atom. The summed E-state index contributed by atoms with van der Waals surface area (Å²) in [6.07, 6.45) is 0. The van der Waals surface area contributed by atoms with Crippen molar-refractivity contribution in [2.45, 2.75) is 0 Å². The van der Waals surface area contributed by atoms with Gasteiger partial charge >= 0.3 is 0 Å². The predicted octanol–water partition coefficient (Wildman–Crippen LogP) is 2.16. The van der Waals surface area contributed by atoms with E-state index >= 15 is 0 Å². The molecule has 0 aliphatic heterocycles. The molecule has 20 heavy (non-hydrogen) atoms. The molecule has 0 amide bonds. The first-order chi connectivity index (χ1) is 9.61. The van der Waals surface area contributed by atoms with Gasteiger partial charge in [-0.3, -0.25) is 0 Å². The highest BCUT2D eigenvalue weighted by Crippen LogP contribution is 2.34. The third kappa shape index (κ3) is 3.13. The Morgan fingerprint density at radius 2 is 1.65 bits per heavy atom. The summed E-state index contributed by atoms with van der Waals surface area (Å²) < 4.78 is 5.04. The molecule has 7 N–H and O–H groups in total. The molecule has 0 radical (unpaired) electrons. The summed E-state index contributed by atoms with van der Waals surface area (Å²) in [5.74, 6) is 0. The maximum absolute atomic E-state index is 6.05. The van der Waals surface area contributed by atoms with Crippen LogP contribution < -0.4 is 22.5 Å². The fourth-order valence-corrected chi connectivity index (χ4v) is 2.05. The Hall–Kier alpha value is -2.40. The van der Waals surface area contributed by atoms with Crippen molar-refractivity contribution < 1.29 is 4.74 Å². The maximum atomic E-state index is 6.05. The van der Waals surface area contributed by atoms with E-state index in [1.54, 1.807) is 13.2 Å². The number of nitrogens with two attached hydrogens (primary N) is 3. The molecule has 2 aromatic carbocycles. The van der Waals surface area contributed by atoms with Gasteiger partial charge in [0.15, 0.2) is 0 Å². The average molecular weight is 272 g/mol. The van der Waals surface area contributed by atoms with Crippen molar-refractivity contribution in [2.75, 3.05) is 42.8 Å². The van der Waals surface area contributed by atoms with Crippen molar-refractivity contribution in [3.8, 4) is 11.1 Å².